The molecule has 1 aliphatic rings. The second kappa shape index (κ2) is 5.97. The first kappa shape index (κ1) is 13.6. The highest BCUT2D eigenvalue weighted by Gasteiger charge is 2.24. The normalized spacial score (nSPS) is 18.6. The van der Waals surface area contributed by atoms with Crippen LogP contribution in [-0.2, 0) is 0 Å². The SMILES string of the molecule is Brc1ccc(C(Br)C2CCCCC2)c2ccccc12. The molecule has 0 bridgehead atoms. The Hall–Kier alpha value is -0.340. The molecule has 1 fully saturated rings. The van der Waals surface area contributed by atoms with E-state index in [4.69, 9.17) is 0 Å². The number of fused-ring (bicyclic) bond motifs is 1. The molecule has 1 aliphatic carbocycles. The van der Waals surface area contributed by atoms with Crippen molar-refractivity contribution >= 4 is 42.6 Å². The maximum absolute atomic E-state index is 3.98. The first-order valence-corrected chi connectivity index (χ1v) is 8.79. The van der Waals surface area contributed by atoms with Crippen molar-refractivity contribution in [1.82, 2.24) is 0 Å². The molecular weight excluding hydrogens is 364 g/mol. The van der Waals surface area contributed by atoms with Gasteiger partial charge in [-0.25, -0.2) is 0 Å². The Bertz CT molecular complexity index is 570. The molecule has 1 unspecified atom stereocenters. The third-order valence-corrected chi connectivity index (χ3v) is 6.20. The Morgan fingerprint density at radius 1 is 0.895 bits per heavy atom. The molecule has 2 aromatic rings. The highest BCUT2D eigenvalue weighted by Crippen LogP contribution is 2.43. The lowest BCUT2D eigenvalue weighted by atomic mass is 9.83. The zero-order valence-corrected chi connectivity index (χ0v) is 14.1. The lowest BCUT2D eigenvalue weighted by Gasteiger charge is -2.27. The third kappa shape index (κ3) is 2.75. The molecule has 3 rings (SSSR count). The van der Waals surface area contributed by atoms with Crippen LogP contribution in [0.2, 0.25) is 0 Å². The van der Waals surface area contributed by atoms with Crippen molar-refractivity contribution < 1.29 is 0 Å². The van der Waals surface area contributed by atoms with Gasteiger partial charge in [-0.05, 0) is 41.2 Å². The van der Waals surface area contributed by atoms with Crippen LogP contribution in [0.25, 0.3) is 10.8 Å². The lowest BCUT2D eigenvalue weighted by molar-refractivity contribution is 0.355. The Balaban J connectivity index is 2.02. The fourth-order valence-electron chi connectivity index (χ4n) is 3.21. The van der Waals surface area contributed by atoms with Gasteiger partial charge in [0.25, 0.3) is 0 Å². The summed E-state index contributed by atoms with van der Waals surface area (Å²) in [4.78, 5) is 0.491. The van der Waals surface area contributed by atoms with Gasteiger partial charge in [-0.15, -0.1) is 0 Å². The van der Waals surface area contributed by atoms with Gasteiger partial charge >= 0.3 is 0 Å². The lowest BCUT2D eigenvalue weighted by Crippen LogP contribution is -2.12. The van der Waals surface area contributed by atoms with E-state index in [9.17, 15) is 0 Å². The summed E-state index contributed by atoms with van der Waals surface area (Å²) in [5.74, 6) is 0.790. The molecule has 0 nitrogen and oxygen atoms in total. The van der Waals surface area contributed by atoms with Crippen molar-refractivity contribution in [3.8, 4) is 0 Å². The van der Waals surface area contributed by atoms with Crippen molar-refractivity contribution in [2.45, 2.75) is 36.9 Å². The molecule has 100 valence electrons. The molecule has 0 spiro atoms. The van der Waals surface area contributed by atoms with Gasteiger partial charge in [-0.3, -0.25) is 0 Å². The van der Waals surface area contributed by atoms with E-state index in [-0.39, 0.29) is 0 Å². The van der Waals surface area contributed by atoms with Crippen LogP contribution in [0.5, 0.6) is 0 Å². The van der Waals surface area contributed by atoms with Gasteiger partial charge in [0, 0.05) is 9.30 Å². The van der Waals surface area contributed by atoms with E-state index >= 15 is 0 Å². The van der Waals surface area contributed by atoms with Crippen LogP contribution in [0, 0.1) is 5.92 Å². The largest absolute Gasteiger partial charge is 0.0836 e. The van der Waals surface area contributed by atoms with Crippen LogP contribution in [0.4, 0.5) is 0 Å². The minimum absolute atomic E-state index is 0.491. The smallest absolute Gasteiger partial charge is 0.0429 e. The van der Waals surface area contributed by atoms with Gasteiger partial charge in [0.2, 0.25) is 0 Å². The Morgan fingerprint density at radius 2 is 1.58 bits per heavy atom. The fourth-order valence-corrected chi connectivity index (χ4v) is 4.61. The Kier molecular flexibility index (Phi) is 4.28. The summed E-state index contributed by atoms with van der Waals surface area (Å²) in [6.07, 6.45) is 6.92. The summed E-state index contributed by atoms with van der Waals surface area (Å²) >= 11 is 7.64. The van der Waals surface area contributed by atoms with Crippen molar-refractivity contribution in [3.05, 3.63) is 46.4 Å². The molecule has 19 heavy (non-hydrogen) atoms. The fraction of sp³-hybridized carbons (Fsp3) is 0.412. The van der Waals surface area contributed by atoms with Crippen LogP contribution in [0.3, 0.4) is 0 Å². The second-order valence-corrected chi connectivity index (χ2v) is 7.32. The number of halogens is 2. The monoisotopic (exact) mass is 380 g/mol. The standard InChI is InChI=1S/C17H18Br2/c18-16-11-10-15(13-8-4-5-9-14(13)16)17(19)12-6-2-1-3-7-12/h4-5,8-12,17H,1-3,6-7H2. The van der Waals surface area contributed by atoms with E-state index in [2.05, 4.69) is 68.3 Å². The maximum atomic E-state index is 3.98. The van der Waals surface area contributed by atoms with E-state index in [1.165, 1.54) is 52.9 Å². The highest BCUT2D eigenvalue weighted by molar-refractivity contribution is 9.10. The van der Waals surface area contributed by atoms with Gasteiger partial charge in [-0.1, -0.05) is 81.5 Å². The van der Waals surface area contributed by atoms with Gasteiger partial charge < -0.3 is 0 Å². The highest BCUT2D eigenvalue weighted by atomic mass is 79.9. The van der Waals surface area contributed by atoms with Crippen molar-refractivity contribution in [2.24, 2.45) is 5.92 Å². The van der Waals surface area contributed by atoms with Crippen molar-refractivity contribution in [1.29, 1.82) is 0 Å². The molecule has 0 saturated heterocycles. The molecule has 1 atom stereocenters. The topological polar surface area (TPSA) is 0 Å². The van der Waals surface area contributed by atoms with Crippen LogP contribution in [-0.4, -0.2) is 0 Å². The minimum Gasteiger partial charge on any atom is -0.0836 e. The summed E-state index contributed by atoms with van der Waals surface area (Å²) in [5, 5.41) is 2.70. The summed E-state index contributed by atoms with van der Waals surface area (Å²) in [6.45, 7) is 0. The second-order valence-electron chi connectivity index (χ2n) is 5.48. The van der Waals surface area contributed by atoms with Crippen LogP contribution in [0.15, 0.2) is 40.9 Å². The van der Waals surface area contributed by atoms with Crippen LogP contribution in [0.1, 0.15) is 42.5 Å². The molecule has 0 heterocycles. The average Bonchev–Trinajstić information content (AvgIpc) is 2.48. The number of rotatable bonds is 2. The van der Waals surface area contributed by atoms with Crippen molar-refractivity contribution in [2.75, 3.05) is 0 Å². The van der Waals surface area contributed by atoms with Gasteiger partial charge in [0.1, 0.15) is 0 Å². The first-order chi connectivity index (χ1) is 9.27. The third-order valence-electron chi connectivity index (χ3n) is 4.27. The molecule has 1 saturated carbocycles. The summed E-state index contributed by atoms with van der Waals surface area (Å²) in [6, 6.07) is 13.2. The molecule has 0 N–H and O–H groups in total. The van der Waals surface area contributed by atoms with Crippen LogP contribution >= 0.6 is 31.9 Å². The number of hydrogen-bond acceptors (Lipinski definition) is 0. The predicted octanol–water partition coefficient (Wildman–Crippen LogP) is 6.62. The number of benzene rings is 2. The van der Waals surface area contributed by atoms with Crippen molar-refractivity contribution in [3.63, 3.8) is 0 Å². The Morgan fingerprint density at radius 3 is 2.32 bits per heavy atom. The molecule has 0 aliphatic heterocycles. The van der Waals surface area contributed by atoms with Gasteiger partial charge in [0.05, 0.1) is 0 Å². The quantitative estimate of drug-likeness (QED) is 0.512. The molecule has 0 aromatic heterocycles. The van der Waals surface area contributed by atoms with E-state index < -0.39 is 0 Å². The molecular formula is C17H18Br2. The van der Waals surface area contributed by atoms with E-state index in [1.54, 1.807) is 0 Å². The van der Waals surface area contributed by atoms with Gasteiger partial charge in [-0.2, -0.15) is 0 Å². The maximum Gasteiger partial charge on any atom is 0.0429 e. The summed E-state index contributed by atoms with van der Waals surface area (Å²) in [5.41, 5.74) is 1.45. The van der Waals surface area contributed by atoms with Crippen LogP contribution < -0.4 is 0 Å². The molecule has 2 aromatic carbocycles. The average molecular weight is 382 g/mol. The molecule has 2 heteroatoms. The van der Waals surface area contributed by atoms with E-state index in [1.807, 2.05) is 0 Å². The molecule has 0 radical (unpaired) electrons. The summed E-state index contributed by atoms with van der Waals surface area (Å²) in [7, 11) is 0. The summed E-state index contributed by atoms with van der Waals surface area (Å²) < 4.78 is 1.19. The molecule has 0 amide bonds. The van der Waals surface area contributed by atoms with Gasteiger partial charge in [0.15, 0.2) is 0 Å². The number of hydrogen-bond donors (Lipinski definition) is 0. The predicted molar refractivity (Wildman–Crippen MR) is 89.9 cm³/mol. The van der Waals surface area contributed by atoms with E-state index in [0.717, 1.165) is 5.92 Å². The Labute approximate surface area is 131 Å². The first-order valence-electron chi connectivity index (χ1n) is 7.08. The van der Waals surface area contributed by atoms with E-state index in [0.29, 0.717) is 4.83 Å². The minimum atomic E-state index is 0.491. The zero-order chi connectivity index (χ0) is 13.2. The number of alkyl halides is 1. The zero-order valence-electron chi connectivity index (χ0n) is 10.9.